The zero-order valence-corrected chi connectivity index (χ0v) is 11.6. The van der Waals surface area contributed by atoms with Gasteiger partial charge in [0.05, 0.1) is 18.3 Å². The van der Waals surface area contributed by atoms with Crippen LogP contribution < -0.4 is 5.32 Å². The predicted molar refractivity (Wildman–Crippen MR) is 67.7 cm³/mol. The van der Waals surface area contributed by atoms with Gasteiger partial charge in [-0.25, -0.2) is 0 Å². The molecule has 0 fully saturated rings. The molecule has 0 spiro atoms. The molecule has 0 rings (SSSR count). The van der Waals surface area contributed by atoms with Gasteiger partial charge in [0, 0.05) is 19.1 Å². The van der Waals surface area contributed by atoms with Gasteiger partial charge in [-0.15, -0.1) is 0 Å². The van der Waals surface area contributed by atoms with Crippen LogP contribution in [0.2, 0.25) is 0 Å². The Morgan fingerprint density at radius 3 is 2.31 bits per heavy atom. The normalized spacial score (nSPS) is 16.5. The maximum Gasteiger partial charge on any atom is 0.0898 e. The Morgan fingerprint density at radius 1 is 1.31 bits per heavy atom. The van der Waals surface area contributed by atoms with Crippen molar-refractivity contribution in [2.24, 2.45) is 0 Å². The molecule has 0 amide bonds. The van der Waals surface area contributed by atoms with Crippen LogP contribution in [-0.2, 0) is 4.74 Å². The first-order valence-electron chi connectivity index (χ1n) is 5.91. The first-order valence-corrected chi connectivity index (χ1v) is 5.91. The highest BCUT2D eigenvalue weighted by Gasteiger charge is 2.14. The molecule has 4 nitrogen and oxygen atoms in total. The number of nitrogens with one attached hydrogen (secondary N) is 1. The van der Waals surface area contributed by atoms with Gasteiger partial charge >= 0.3 is 0 Å². The topological polar surface area (TPSA) is 44.7 Å². The van der Waals surface area contributed by atoms with Crippen LogP contribution in [0.3, 0.4) is 0 Å². The smallest absolute Gasteiger partial charge is 0.0898 e. The Morgan fingerprint density at radius 2 is 1.88 bits per heavy atom. The molecule has 0 aromatic carbocycles. The Kier molecular flexibility index (Phi) is 7.15. The van der Waals surface area contributed by atoms with E-state index in [-0.39, 0.29) is 5.60 Å². The summed E-state index contributed by atoms with van der Waals surface area (Å²) in [5.41, 5.74) is -0.184. The number of rotatable bonds is 7. The van der Waals surface area contributed by atoms with Gasteiger partial charge < -0.3 is 20.1 Å². The summed E-state index contributed by atoms with van der Waals surface area (Å²) in [4.78, 5) is 2.12. The Labute approximate surface area is 100.0 Å². The van der Waals surface area contributed by atoms with Crippen LogP contribution >= 0.6 is 0 Å². The molecule has 2 unspecified atom stereocenters. The van der Waals surface area contributed by atoms with Crippen molar-refractivity contribution in [2.75, 3.05) is 33.8 Å². The second-order valence-electron chi connectivity index (χ2n) is 5.65. The van der Waals surface area contributed by atoms with Crippen molar-refractivity contribution in [3.63, 3.8) is 0 Å². The van der Waals surface area contributed by atoms with Crippen molar-refractivity contribution in [1.82, 2.24) is 10.2 Å². The van der Waals surface area contributed by atoms with E-state index in [4.69, 9.17) is 4.74 Å². The second-order valence-corrected chi connectivity index (χ2v) is 5.65. The zero-order chi connectivity index (χ0) is 12.8. The van der Waals surface area contributed by atoms with Gasteiger partial charge in [0.2, 0.25) is 0 Å². The van der Waals surface area contributed by atoms with E-state index in [2.05, 4.69) is 17.1 Å². The van der Waals surface area contributed by atoms with E-state index in [9.17, 15) is 5.11 Å². The molecule has 0 saturated heterocycles. The van der Waals surface area contributed by atoms with Crippen LogP contribution in [0, 0.1) is 0 Å². The summed E-state index contributed by atoms with van der Waals surface area (Å²) in [5.74, 6) is 0. The molecule has 0 aliphatic heterocycles. The molecule has 2 atom stereocenters. The maximum absolute atomic E-state index is 9.69. The highest BCUT2D eigenvalue weighted by Crippen LogP contribution is 2.06. The second kappa shape index (κ2) is 7.22. The van der Waals surface area contributed by atoms with Gasteiger partial charge in [-0.05, 0) is 41.8 Å². The quantitative estimate of drug-likeness (QED) is 0.678. The van der Waals surface area contributed by atoms with Crippen molar-refractivity contribution in [3.05, 3.63) is 0 Å². The molecule has 0 aromatic rings. The Balaban J connectivity index is 3.61. The lowest BCUT2D eigenvalue weighted by atomic mass is 10.2. The van der Waals surface area contributed by atoms with E-state index in [1.807, 2.05) is 34.9 Å². The van der Waals surface area contributed by atoms with Crippen LogP contribution in [0.1, 0.15) is 27.7 Å². The number of aliphatic hydroxyl groups is 1. The fraction of sp³-hybridized carbons (Fsp3) is 1.00. The third-order valence-electron chi connectivity index (χ3n) is 2.05. The molecule has 0 aliphatic carbocycles. The van der Waals surface area contributed by atoms with Gasteiger partial charge in [0.25, 0.3) is 0 Å². The average Bonchev–Trinajstić information content (AvgIpc) is 2.09. The van der Waals surface area contributed by atoms with E-state index < -0.39 is 6.10 Å². The van der Waals surface area contributed by atoms with Gasteiger partial charge in [-0.3, -0.25) is 0 Å². The molecule has 0 aromatic heterocycles. The minimum Gasteiger partial charge on any atom is -0.389 e. The first-order chi connectivity index (χ1) is 7.20. The van der Waals surface area contributed by atoms with E-state index in [1.165, 1.54) is 0 Å². The fourth-order valence-corrected chi connectivity index (χ4v) is 1.35. The van der Waals surface area contributed by atoms with Crippen LogP contribution in [0.5, 0.6) is 0 Å². The maximum atomic E-state index is 9.69. The van der Waals surface area contributed by atoms with Crippen LogP contribution in [0.15, 0.2) is 0 Å². The zero-order valence-electron chi connectivity index (χ0n) is 11.6. The summed E-state index contributed by atoms with van der Waals surface area (Å²) < 4.78 is 5.50. The van der Waals surface area contributed by atoms with Crippen molar-refractivity contribution >= 4 is 0 Å². The highest BCUT2D eigenvalue weighted by molar-refractivity contribution is 4.68. The number of hydrogen-bond acceptors (Lipinski definition) is 4. The van der Waals surface area contributed by atoms with Crippen molar-refractivity contribution in [3.8, 4) is 0 Å². The van der Waals surface area contributed by atoms with Gasteiger partial charge in [-0.2, -0.15) is 0 Å². The number of likely N-dealkylation sites (N-methyl/N-ethyl adjacent to an activating group) is 1. The van der Waals surface area contributed by atoms with E-state index in [0.29, 0.717) is 19.2 Å². The lowest BCUT2D eigenvalue weighted by Gasteiger charge is -2.24. The van der Waals surface area contributed by atoms with Crippen LogP contribution in [0.25, 0.3) is 0 Å². The molecule has 4 heteroatoms. The molecule has 0 saturated carbocycles. The van der Waals surface area contributed by atoms with E-state index in [1.54, 1.807) is 0 Å². The Bertz CT molecular complexity index is 178. The number of ether oxygens (including phenoxy) is 1. The lowest BCUT2D eigenvalue weighted by Crippen LogP contribution is -2.41. The van der Waals surface area contributed by atoms with Crippen molar-refractivity contribution < 1.29 is 9.84 Å². The minimum absolute atomic E-state index is 0.184. The van der Waals surface area contributed by atoms with Gasteiger partial charge in [-0.1, -0.05) is 0 Å². The van der Waals surface area contributed by atoms with E-state index in [0.717, 1.165) is 6.54 Å². The van der Waals surface area contributed by atoms with Crippen molar-refractivity contribution in [2.45, 2.75) is 45.4 Å². The highest BCUT2D eigenvalue weighted by atomic mass is 16.5. The minimum atomic E-state index is -0.441. The monoisotopic (exact) mass is 232 g/mol. The standard InChI is InChI=1S/C12H28N2O2/c1-10(8-14(5)6)13-7-11(15)9-16-12(2,3)4/h10-11,13,15H,7-9H2,1-6H3. The fourth-order valence-electron chi connectivity index (χ4n) is 1.35. The molecular formula is C12H28N2O2. The molecule has 0 bridgehead atoms. The number of hydrogen-bond donors (Lipinski definition) is 2. The van der Waals surface area contributed by atoms with Crippen LogP contribution in [-0.4, -0.2) is 61.5 Å². The predicted octanol–water partition coefficient (Wildman–Crippen LogP) is 0.702. The summed E-state index contributed by atoms with van der Waals surface area (Å²) >= 11 is 0. The first kappa shape index (κ1) is 15.8. The molecule has 0 radical (unpaired) electrons. The molecule has 98 valence electrons. The Hall–Kier alpha value is -0.160. The van der Waals surface area contributed by atoms with Crippen LogP contribution in [0.4, 0.5) is 0 Å². The summed E-state index contributed by atoms with van der Waals surface area (Å²) in [7, 11) is 4.08. The van der Waals surface area contributed by atoms with Gasteiger partial charge in [0.15, 0.2) is 0 Å². The number of nitrogens with zero attached hydrogens (tertiary/aromatic N) is 1. The SMILES string of the molecule is CC(CN(C)C)NCC(O)COC(C)(C)C. The van der Waals surface area contributed by atoms with E-state index >= 15 is 0 Å². The molecular weight excluding hydrogens is 204 g/mol. The number of aliphatic hydroxyl groups excluding tert-OH is 1. The summed E-state index contributed by atoms with van der Waals surface area (Å²) in [6, 6.07) is 0.374. The van der Waals surface area contributed by atoms with Gasteiger partial charge in [0.1, 0.15) is 0 Å². The summed E-state index contributed by atoms with van der Waals surface area (Å²) in [6.07, 6.45) is -0.441. The molecule has 0 aliphatic rings. The largest absolute Gasteiger partial charge is 0.389 e. The summed E-state index contributed by atoms with van der Waals surface area (Å²) in [5, 5.41) is 13.0. The molecule has 0 heterocycles. The lowest BCUT2D eigenvalue weighted by molar-refractivity contribution is -0.0483. The molecule has 2 N–H and O–H groups in total. The summed E-state index contributed by atoms with van der Waals surface area (Å²) in [6.45, 7) is 9.99. The third-order valence-corrected chi connectivity index (χ3v) is 2.05. The third kappa shape index (κ3) is 10.4. The average molecular weight is 232 g/mol. The molecule has 16 heavy (non-hydrogen) atoms. The van der Waals surface area contributed by atoms with Crippen molar-refractivity contribution in [1.29, 1.82) is 0 Å².